The maximum atomic E-state index is 11.5. The van der Waals surface area contributed by atoms with E-state index in [0.717, 1.165) is 12.8 Å². The molecule has 0 atom stereocenters. The molecule has 0 unspecified atom stereocenters. The summed E-state index contributed by atoms with van der Waals surface area (Å²) < 4.78 is 0. The first-order valence-electron chi connectivity index (χ1n) is 7.29. The van der Waals surface area contributed by atoms with Crippen LogP contribution in [-0.2, 0) is 16.8 Å². The van der Waals surface area contributed by atoms with Crippen LogP contribution in [0.1, 0.15) is 24.0 Å². The topological polar surface area (TPSA) is 70.8 Å². The maximum Gasteiger partial charge on any atom is 2.00 e. The van der Waals surface area contributed by atoms with Gasteiger partial charge in [0.2, 0.25) is 0 Å². The van der Waals surface area contributed by atoms with Gasteiger partial charge in [-0.3, -0.25) is 9.98 Å². The molecular weight excluding hydrogens is 335 g/mol. The van der Waals surface area contributed by atoms with E-state index in [-0.39, 0.29) is 28.3 Å². The summed E-state index contributed by atoms with van der Waals surface area (Å²) in [7, 11) is 0. The van der Waals surface area contributed by atoms with Gasteiger partial charge in [-0.25, -0.2) is 0 Å². The summed E-state index contributed by atoms with van der Waals surface area (Å²) in [6.07, 6.45) is 5.04. The van der Waals surface area contributed by atoms with Crippen LogP contribution in [0.2, 0.25) is 0 Å². The van der Waals surface area contributed by atoms with E-state index < -0.39 is 0 Å². The standard InChI is InChI=1S/C18H20N2O2.Co/c21-17-9-3-1-7-15(17)13-19-11-5-6-12-20-14-16-8-2-4-10-18(16)22;/h1-4,7-10,13-14,21-22H,5-6,11-12H2;/q;+2/p-2. The Morgan fingerprint density at radius 3 is 1.48 bits per heavy atom. The normalized spacial score (nSPS) is 11.0. The molecule has 0 aliphatic heterocycles. The number of rotatable bonds is 7. The Balaban J connectivity index is 0.00000264. The number of nitrogens with zero attached hydrogens (tertiary/aromatic N) is 2. The van der Waals surface area contributed by atoms with Crippen LogP contribution in [0.3, 0.4) is 0 Å². The summed E-state index contributed by atoms with van der Waals surface area (Å²) in [6, 6.07) is 13.7. The zero-order valence-electron chi connectivity index (χ0n) is 12.6. The van der Waals surface area contributed by atoms with Gasteiger partial charge in [0.25, 0.3) is 0 Å². The summed E-state index contributed by atoms with van der Waals surface area (Å²) in [5.74, 6) is -0.0146. The number of para-hydroxylation sites is 2. The summed E-state index contributed by atoms with van der Waals surface area (Å²) in [5.41, 5.74) is 1.24. The van der Waals surface area contributed by atoms with Gasteiger partial charge in [0, 0.05) is 25.5 Å². The Morgan fingerprint density at radius 2 is 1.09 bits per heavy atom. The molecule has 1 radical (unpaired) electrons. The van der Waals surface area contributed by atoms with Gasteiger partial charge in [0.05, 0.1) is 0 Å². The second kappa shape index (κ2) is 10.6. The molecule has 0 saturated heterocycles. The Labute approximate surface area is 146 Å². The smallest absolute Gasteiger partial charge is 0.872 e. The average Bonchev–Trinajstić information content (AvgIpc) is 2.53. The molecule has 0 bridgehead atoms. The first-order valence-corrected chi connectivity index (χ1v) is 7.29. The molecule has 2 rings (SSSR count). The largest absolute Gasteiger partial charge is 2.00 e. The van der Waals surface area contributed by atoms with Crippen LogP contribution in [0, 0.1) is 0 Å². The number of aliphatic imine (C=N–C) groups is 2. The van der Waals surface area contributed by atoms with Crippen LogP contribution in [0.5, 0.6) is 11.5 Å². The molecule has 0 N–H and O–H groups in total. The van der Waals surface area contributed by atoms with Crippen LogP contribution in [-0.4, -0.2) is 25.5 Å². The van der Waals surface area contributed by atoms with Gasteiger partial charge in [-0.1, -0.05) is 48.5 Å². The van der Waals surface area contributed by atoms with Crippen molar-refractivity contribution in [2.75, 3.05) is 13.1 Å². The third-order valence-electron chi connectivity index (χ3n) is 3.12. The Kier molecular flexibility index (Phi) is 8.71. The van der Waals surface area contributed by atoms with E-state index in [0.29, 0.717) is 24.2 Å². The summed E-state index contributed by atoms with van der Waals surface area (Å²) in [6.45, 7) is 1.34. The first-order chi connectivity index (χ1) is 10.8. The zero-order chi connectivity index (χ0) is 15.6. The minimum absolute atomic E-state index is 0. The molecule has 121 valence electrons. The minimum atomic E-state index is -0.00729. The Morgan fingerprint density at radius 1 is 0.696 bits per heavy atom. The molecule has 0 heterocycles. The van der Waals surface area contributed by atoms with Crippen LogP contribution < -0.4 is 10.2 Å². The molecule has 0 aliphatic carbocycles. The summed E-state index contributed by atoms with van der Waals surface area (Å²) >= 11 is 0. The molecule has 0 spiro atoms. The van der Waals surface area contributed by atoms with Crippen LogP contribution in [0.15, 0.2) is 58.5 Å². The quantitative estimate of drug-likeness (QED) is 0.565. The van der Waals surface area contributed by atoms with Gasteiger partial charge in [0.1, 0.15) is 0 Å². The van der Waals surface area contributed by atoms with Crippen molar-refractivity contribution < 1.29 is 27.0 Å². The summed E-state index contributed by atoms with van der Waals surface area (Å²) in [4.78, 5) is 8.49. The van der Waals surface area contributed by atoms with Gasteiger partial charge in [-0.2, -0.15) is 0 Å². The Bertz CT molecular complexity index is 599. The number of hydrogen-bond donors (Lipinski definition) is 0. The van der Waals surface area contributed by atoms with Crippen molar-refractivity contribution >= 4 is 12.4 Å². The van der Waals surface area contributed by atoms with E-state index in [1.807, 2.05) is 12.1 Å². The van der Waals surface area contributed by atoms with Gasteiger partial charge >= 0.3 is 16.8 Å². The molecule has 23 heavy (non-hydrogen) atoms. The second-order valence-electron chi connectivity index (χ2n) is 4.85. The molecule has 0 aliphatic rings. The first kappa shape index (κ1) is 18.9. The number of benzene rings is 2. The van der Waals surface area contributed by atoms with Crippen molar-refractivity contribution in [2.24, 2.45) is 9.98 Å². The molecule has 0 aromatic heterocycles. The fourth-order valence-corrected chi connectivity index (χ4v) is 1.91. The maximum absolute atomic E-state index is 11.5. The van der Waals surface area contributed by atoms with E-state index in [1.165, 1.54) is 12.1 Å². The van der Waals surface area contributed by atoms with E-state index >= 15 is 0 Å². The van der Waals surface area contributed by atoms with Gasteiger partial charge < -0.3 is 10.2 Å². The molecule has 0 saturated carbocycles. The van der Waals surface area contributed by atoms with Crippen molar-refractivity contribution in [3.05, 3.63) is 59.7 Å². The van der Waals surface area contributed by atoms with Gasteiger partial charge in [-0.15, -0.1) is 11.5 Å². The van der Waals surface area contributed by atoms with Gasteiger partial charge in [0.15, 0.2) is 0 Å². The van der Waals surface area contributed by atoms with Crippen LogP contribution in [0.25, 0.3) is 0 Å². The molecule has 0 fully saturated rings. The fraction of sp³-hybridized carbons (Fsp3) is 0.222. The molecule has 2 aromatic rings. The predicted molar refractivity (Wildman–Crippen MR) is 85.9 cm³/mol. The van der Waals surface area contributed by atoms with E-state index in [2.05, 4.69) is 9.98 Å². The minimum Gasteiger partial charge on any atom is -0.872 e. The fourth-order valence-electron chi connectivity index (χ4n) is 1.91. The van der Waals surface area contributed by atoms with E-state index in [9.17, 15) is 10.2 Å². The molecular formula is C18H18CoN2O2. The summed E-state index contributed by atoms with van der Waals surface area (Å²) in [5, 5.41) is 22.9. The van der Waals surface area contributed by atoms with Crippen molar-refractivity contribution in [2.45, 2.75) is 12.8 Å². The molecule has 4 nitrogen and oxygen atoms in total. The predicted octanol–water partition coefficient (Wildman–Crippen LogP) is 2.15. The Hall–Kier alpha value is -2.11. The monoisotopic (exact) mass is 353 g/mol. The average molecular weight is 353 g/mol. The van der Waals surface area contributed by atoms with Crippen molar-refractivity contribution in [3.63, 3.8) is 0 Å². The van der Waals surface area contributed by atoms with Crippen LogP contribution in [0.4, 0.5) is 0 Å². The van der Waals surface area contributed by atoms with E-state index in [1.54, 1.807) is 36.7 Å². The van der Waals surface area contributed by atoms with Crippen LogP contribution >= 0.6 is 0 Å². The SMILES string of the molecule is [Co+2].[O-]c1ccccc1C=NCCCCN=Cc1ccccc1[O-]. The van der Waals surface area contributed by atoms with Crippen molar-refractivity contribution in [1.29, 1.82) is 0 Å². The van der Waals surface area contributed by atoms with Crippen molar-refractivity contribution in [1.82, 2.24) is 0 Å². The van der Waals surface area contributed by atoms with Gasteiger partial charge in [-0.05, 0) is 24.0 Å². The number of hydrogen-bond acceptors (Lipinski definition) is 4. The third kappa shape index (κ3) is 6.67. The number of unbranched alkanes of at least 4 members (excludes halogenated alkanes) is 1. The second-order valence-corrected chi connectivity index (χ2v) is 4.85. The molecule has 2 aromatic carbocycles. The van der Waals surface area contributed by atoms with Crippen molar-refractivity contribution in [3.8, 4) is 11.5 Å². The molecule has 0 amide bonds. The zero-order valence-corrected chi connectivity index (χ0v) is 13.7. The molecule has 5 heteroatoms. The third-order valence-corrected chi connectivity index (χ3v) is 3.12. The van der Waals surface area contributed by atoms with E-state index in [4.69, 9.17) is 0 Å².